The van der Waals surface area contributed by atoms with E-state index in [1.807, 2.05) is 12.1 Å². The maximum absolute atomic E-state index is 5.48. The molecule has 0 spiro atoms. The van der Waals surface area contributed by atoms with Gasteiger partial charge in [0.05, 0.1) is 6.26 Å². The summed E-state index contributed by atoms with van der Waals surface area (Å²) in [5, 5.41) is 3.44. The average Bonchev–Trinajstić information content (AvgIpc) is 2.86. The van der Waals surface area contributed by atoms with Gasteiger partial charge in [-0.25, -0.2) is 0 Å². The Morgan fingerprint density at radius 2 is 2.38 bits per heavy atom. The lowest BCUT2D eigenvalue weighted by atomic mass is 10.2. The minimum atomic E-state index is 0.162. The lowest BCUT2D eigenvalue weighted by Crippen LogP contribution is -2.20. The first kappa shape index (κ1) is 11.9. The fraction of sp³-hybridized carbons (Fsp3) is 0.333. The van der Waals surface area contributed by atoms with E-state index in [1.165, 1.54) is 14.2 Å². The highest BCUT2D eigenvalue weighted by Gasteiger charge is 2.18. The van der Waals surface area contributed by atoms with Crippen LogP contribution in [0.2, 0.25) is 0 Å². The number of nitrogens with one attached hydrogen (secondary N) is 1. The van der Waals surface area contributed by atoms with Gasteiger partial charge in [-0.05, 0) is 47.6 Å². The van der Waals surface area contributed by atoms with Gasteiger partial charge in [0, 0.05) is 14.2 Å². The van der Waals surface area contributed by atoms with Gasteiger partial charge in [-0.3, -0.25) is 0 Å². The van der Waals surface area contributed by atoms with Crippen LogP contribution in [0.3, 0.4) is 0 Å². The Bertz CT molecular complexity index is 430. The summed E-state index contributed by atoms with van der Waals surface area (Å²) < 4.78 is 6.65. The summed E-state index contributed by atoms with van der Waals surface area (Å²) in [5.74, 6) is 0.968. The third kappa shape index (κ3) is 2.39. The predicted octanol–water partition coefficient (Wildman–Crippen LogP) is 4.11. The van der Waals surface area contributed by atoms with Gasteiger partial charge in [0.15, 0.2) is 0 Å². The van der Waals surface area contributed by atoms with Crippen molar-refractivity contribution >= 4 is 27.3 Å². The molecule has 0 saturated carbocycles. The molecule has 2 nitrogen and oxygen atoms in total. The summed E-state index contributed by atoms with van der Waals surface area (Å²) in [5.41, 5.74) is 0. The summed E-state index contributed by atoms with van der Waals surface area (Å²) in [4.78, 5) is 2.57. The molecule has 2 aromatic rings. The Morgan fingerprint density at radius 1 is 1.56 bits per heavy atom. The minimum Gasteiger partial charge on any atom is -0.467 e. The first-order valence-electron chi connectivity index (χ1n) is 5.25. The van der Waals surface area contributed by atoms with E-state index in [9.17, 15) is 0 Å². The number of aryl methyl sites for hydroxylation is 1. The molecule has 0 fully saturated rings. The summed E-state index contributed by atoms with van der Waals surface area (Å²) in [6.07, 6.45) is 1.72. The van der Waals surface area contributed by atoms with Crippen LogP contribution >= 0.6 is 27.3 Å². The monoisotopic (exact) mass is 299 g/mol. The lowest BCUT2D eigenvalue weighted by Gasteiger charge is -2.13. The van der Waals surface area contributed by atoms with Gasteiger partial charge in [0.2, 0.25) is 0 Å². The normalized spacial score (nSPS) is 12.9. The molecule has 4 heteroatoms. The van der Waals surface area contributed by atoms with Crippen LogP contribution in [0.1, 0.15) is 28.5 Å². The second-order valence-electron chi connectivity index (χ2n) is 3.56. The number of hydrogen-bond acceptors (Lipinski definition) is 3. The van der Waals surface area contributed by atoms with Crippen LogP contribution in [0.15, 0.2) is 33.4 Å². The molecule has 0 radical (unpaired) electrons. The average molecular weight is 300 g/mol. The summed E-state index contributed by atoms with van der Waals surface area (Å²) in [6.45, 7) is 5.13. The molecule has 2 rings (SSSR count). The minimum absolute atomic E-state index is 0.162. The Morgan fingerprint density at radius 3 is 2.88 bits per heavy atom. The Hall–Kier alpha value is -0.580. The van der Waals surface area contributed by atoms with Crippen molar-refractivity contribution in [2.24, 2.45) is 0 Å². The number of halogens is 1. The predicted molar refractivity (Wildman–Crippen MR) is 71.0 cm³/mol. The van der Waals surface area contributed by atoms with E-state index in [0.717, 1.165) is 12.3 Å². The van der Waals surface area contributed by atoms with Crippen LogP contribution in [0.25, 0.3) is 0 Å². The van der Waals surface area contributed by atoms with Gasteiger partial charge in [-0.1, -0.05) is 6.92 Å². The highest BCUT2D eigenvalue weighted by atomic mass is 79.9. The zero-order valence-corrected chi connectivity index (χ0v) is 11.7. The Kier molecular flexibility index (Phi) is 3.84. The third-order valence-electron chi connectivity index (χ3n) is 2.40. The fourth-order valence-corrected chi connectivity index (χ4v) is 3.27. The van der Waals surface area contributed by atoms with Gasteiger partial charge in [-0.2, -0.15) is 0 Å². The van der Waals surface area contributed by atoms with Crippen molar-refractivity contribution in [2.75, 3.05) is 6.54 Å². The summed E-state index contributed by atoms with van der Waals surface area (Å²) >= 11 is 5.34. The van der Waals surface area contributed by atoms with Crippen LogP contribution in [-0.2, 0) is 0 Å². The van der Waals surface area contributed by atoms with Crippen molar-refractivity contribution in [3.8, 4) is 0 Å². The molecule has 2 aromatic heterocycles. The van der Waals surface area contributed by atoms with E-state index in [0.29, 0.717) is 0 Å². The maximum atomic E-state index is 5.48. The zero-order valence-electron chi connectivity index (χ0n) is 9.29. The van der Waals surface area contributed by atoms with Gasteiger partial charge in [0.1, 0.15) is 11.8 Å². The van der Waals surface area contributed by atoms with Crippen LogP contribution in [0, 0.1) is 6.92 Å². The van der Waals surface area contributed by atoms with Gasteiger partial charge in [0.25, 0.3) is 0 Å². The van der Waals surface area contributed by atoms with E-state index in [2.05, 4.69) is 41.2 Å². The van der Waals surface area contributed by atoms with Crippen molar-refractivity contribution in [1.29, 1.82) is 0 Å². The van der Waals surface area contributed by atoms with Crippen molar-refractivity contribution in [2.45, 2.75) is 19.9 Å². The Labute approximate surface area is 108 Å². The first-order chi connectivity index (χ1) is 7.72. The van der Waals surface area contributed by atoms with Crippen molar-refractivity contribution in [3.05, 3.63) is 44.4 Å². The molecule has 0 aliphatic carbocycles. The number of thiophene rings is 1. The highest BCUT2D eigenvalue weighted by Crippen LogP contribution is 2.33. The molecule has 0 saturated heterocycles. The largest absolute Gasteiger partial charge is 0.467 e. The number of hydrogen-bond donors (Lipinski definition) is 1. The molecular formula is C12H14BrNOS. The van der Waals surface area contributed by atoms with Crippen LogP contribution in [0.4, 0.5) is 0 Å². The second kappa shape index (κ2) is 5.17. The van der Waals surface area contributed by atoms with Gasteiger partial charge in [-0.15, -0.1) is 11.3 Å². The first-order valence-corrected chi connectivity index (χ1v) is 6.86. The molecule has 0 aliphatic heterocycles. The van der Waals surface area contributed by atoms with Crippen LogP contribution in [0.5, 0.6) is 0 Å². The number of furan rings is 1. The lowest BCUT2D eigenvalue weighted by molar-refractivity contribution is 0.455. The molecule has 2 heterocycles. The van der Waals surface area contributed by atoms with Crippen LogP contribution < -0.4 is 5.32 Å². The maximum Gasteiger partial charge on any atom is 0.126 e. The van der Waals surface area contributed by atoms with E-state index < -0.39 is 0 Å². The summed E-state index contributed by atoms with van der Waals surface area (Å²) in [6, 6.07) is 6.26. The van der Waals surface area contributed by atoms with Gasteiger partial charge >= 0.3 is 0 Å². The molecule has 0 amide bonds. The van der Waals surface area contributed by atoms with Crippen molar-refractivity contribution in [3.63, 3.8) is 0 Å². The van der Waals surface area contributed by atoms with Crippen LogP contribution in [-0.4, -0.2) is 6.54 Å². The van der Waals surface area contributed by atoms with E-state index in [4.69, 9.17) is 4.42 Å². The van der Waals surface area contributed by atoms with Crippen molar-refractivity contribution < 1.29 is 4.42 Å². The van der Waals surface area contributed by atoms with Crippen molar-refractivity contribution in [1.82, 2.24) is 5.32 Å². The summed E-state index contributed by atoms with van der Waals surface area (Å²) in [7, 11) is 0. The Balaban J connectivity index is 2.32. The second-order valence-corrected chi connectivity index (χ2v) is 5.70. The van der Waals surface area contributed by atoms with E-state index in [1.54, 1.807) is 17.6 Å². The molecule has 1 unspecified atom stereocenters. The topological polar surface area (TPSA) is 25.2 Å². The molecule has 86 valence electrons. The highest BCUT2D eigenvalue weighted by molar-refractivity contribution is 9.10. The SMILES string of the molecule is CCNC(c1ccco1)c1cc(Br)c(C)s1. The molecule has 0 aliphatic rings. The number of rotatable bonds is 4. The quantitative estimate of drug-likeness (QED) is 0.919. The molecule has 16 heavy (non-hydrogen) atoms. The molecule has 1 atom stereocenters. The molecule has 1 N–H and O–H groups in total. The van der Waals surface area contributed by atoms with E-state index >= 15 is 0 Å². The van der Waals surface area contributed by atoms with Gasteiger partial charge < -0.3 is 9.73 Å². The molecular weight excluding hydrogens is 286 g/mol. The molecule has 0 aromatic carbocycles. The van der Waals surface area contributed by atoms with E-state index in [-0.39, 0.29) is 6.04 Å². The smallest absolute Gasteiger partial charge is 0.126 e. The molecule has 0 bridgehead atoms. The fourth-order valence-electron chi connectivity index (χ4n) is 1.62. The zero-order chi connectivity index (χ0) is 11.5. The standard InChI is InChI=1S/C12H14BrNOS/c1-3-14-12(10-5-4-6-15-10)11-7-9(13)8(2)16-11/h4-7,12,14H,3H2,1-2H3. The third-order valence-corrected chi connectivity index (χ3v) is 4.60.